The summed E-state index contributed by atoms with van der Waals surface area (Å²) >= 11 is 0. The van der Waals surface area contributed by atoms with Crippen molar-refractivity contribution >= 4 is 11.5 Å². The van der Waals surface area contributed by atoms with E-state index in [9.17, 15) is 9.90 Å². The Balaban J connectivity index is 2.27. The number of benzene rings is 1. The van der Waals surface area contributed by atoms with Gasteiger partial charge >= 0.3 is 5.97 Å². The molecule has 0 aliphatic rings. The Hall–Kier alpha value is -2.82. The normalized spacial score (nSPS) is 11.1. The molecule has 0 radical (unpaired) electrons. The molecule has 0 spiro atoms. The molecule has 0 aliphatic carbocycles. The molecule has 1 N–H and O–H groups in total. The van der Waals surface area contributed by atoms with Crippen LogP contribution in [-0.4, -0.2) is 23.2 Å². The maximum atomic E-state index is 11.4. The van der Waals surface area contributed by atoms with Gasteiger partial charge in [0.2, 0.25) is 5.88 Å². The third kappa shape index (κ3) is 3.63. The topological polar surface area (TPSA) is 68.7 Å². The Morgan fingerprint density at radius 1 is 1.27 bits per heavy atom. The van der Waals surface area contributed by atoms with Crippen LogP contribution < -0.4 is 4.74 Å². The molecular formula is C17H17NO4. The standard InChI is InChI=1S/C17H17NO4/c1-12-6-5-9-18-16(12)22-10-13-7-3-4-8-14(13)15(11-21-2)17(19)20/h3-9,11H,10H2,1-2H3,(H,19,20). The predicted octanol–water partition coefficient (Wildman–Crippen LogP) is 3.04. The van der Waals surface area contributed by atoms with Crippen LogP contribution in [0, 0.1) is 6.92 Å². The second kappa shape index (κ2) is 7.26. The average molecular weight is 299 g/mol. The van der Waals surface area contributed by atoms with Crippen molar-refractivity contribution in [3.05, 3.63) is 65.5 Å². The van der Waals surface area contributed by atoms with E-state index in [1.54, 1.807) is 18.3 Å². The zero-order valence-electron chi connectivity index (χ0n) is 12.4. The number of aryl methyl sites for hydroxylation is 1. The van der Waals surface area contributed by atoms with Crippen molar-refractivity contribution in [2.45, 2.75) is 13.5 Å². The number of nitrogens with zero attached hydrogens (tertiary/aromatic N) is 1. The zero-order valence-corrected chi connectivity index (χ0v) is 12.4. The van der Waals surface area contributed by atoms with Crippen LogP contribution >= 0.6 is 0 Å². The highest BCUT2D eigenvalue weighted by atomic mass is 16.5. The zero-order chi connectivity index (χ0) is 15.9. The fourth-order valence-electron chi connectivity index (χ4n) is 2.02. The molecule has 0 saturated heterocycles. The first-order valence-corrected chi connectivity index (χ1v) is 6.72. The summed E-state index contributed by atoms with van der Waals surface area (Å²) < 4.78 is 10.6. The Morgan fingerprint density at radius 2 is 2.05 bits per heavy atom. The third-order valence-electron chi connectivity index (χ3n) is 3.10. The van der Waals surface area contributed by atoms with Crippen LogP contribution in [0.4, 0.5) is 0 Å². The van der Waals surface area contributed by atoms with Crippen LogP contribution in [-0.2, 0) is 16.1 Å². The van der Waals surface area contributed by atoms with Gasteiger partial charge < -0.3 is 14.6 Å². The minimum atomic E-state index is -1.05. The van der Waals surface area contributed by atoms with Gasteiger partial charge in [0.15, 0.2) is 0 Å². The minimum absolute atomic E-state index is 0.0828. The molecule has 0 atom stereocenters. The molecule has 1 aromatic carbocycles. The smallest absolute Gasteiger partial charge is 0.339 e. The molecule has 2 aromatic rings. The Kier molecular flexibility index (Phi) is 5.14. The summed E-state index contributed by atoms with van der Waals surface area (Å²) in [4.78, 5) is 15.5. The van der Waals surface area contributed by atoms with Crippen LogP contribution in [0.2, 0.25) is 0 Å². The van der Waals surface area contributed by atoms with E-state index in [-0.39, 0.29) is 12.2 Å². The first-order valence-electron chi connectivity index (χ1n) is 6.72. The number of pyridine rings is 1. The summed E-state index contributed by atoms with van der Waals surface area (Å²) in [6.07, 6.45) is 2.87. The molecule has 0 unspecified atom stereocenters. The molecule has 0 amide bonds. The highest BCUT2D eigenvalue weighted by Gasteiger charge is 2.15. The van der Waals surface area contributed by atoms with Crippen molar-refractivity contribution in [1.82, 2.24) is 4.98 Å². The molecule has 0 saturated carbocycles. The van der Waals surface area contributed by atoms with Crippen molar-refractivity contribution in [2.75, 3.05) is 7.11 Å². The van der Waals surface area contributed by atoms with E-state index in [0.717, 1.165) is 11.1 Å². The van der Waals surface area contributed by atoms with Crippen LogP contribution in [0.1, 0.15) is 16.7 Å². The number of rotatable bonds is 6. The molecular weight excluding hydrogens is 282 g/mol. The van der Waals surface area contributed by atoms with Crippen molar-refractivity contribution < 1.29 is 19.4 Å². The van der Waals surface area contributed by atoms with E-state index in [4.69, 9.17) is 9.47 Å². The summed E-state index contributed by atoms with van der Waals surface area (Å²) in [7, 11) is 1.42. The number of ether oxygens (including phenoxy) is 2. The number of methoxy groups -OCH3 is 1. The lowest BCUT2D eigenvalue weighted by Gasteiger charge is -2.12. The summed E-state index contributed by atoms with van der Waals surface area (Å²) in [5.74, 6) is -0.520. The number of aromatic nitrogens is 1. The van der Waals surface area contributed by atoms with Crippen LogP contribution in [0.15, 0.2) is 48.9 Å². The molecule has 22 heavy (non-hydrogen) atoms. The Morgan fingerprint density at radius 3 is 2.73 bits per heavy atom. The quantitative estimate of drug-likeness (QED) is 0.656. The van der Waals surface area contributed by atoms with E-state index < -0.39 is 5.97 Å². The number of aliphatic carboxylic acids is 1. The van der Waals surface area contributed by atoms with E-state index in [1.165, 1.54) is 13.4 Å². The molecule has 0 bridgehead atoms. The van der Waals surface area contributed by atoms with E-state index in [0.29, 0.717) is 11.4 Å². The lowest BCUT2D eigenvalue weighted by molar-refractivity contribution is -0.130. The van der Waals surface area contributed by atoms with Gasteiger partial charge in [-0.1, -0.05) is 30.3 Å². The van der Waals surface area contributed by atoms with Gasteiger partial charge in [0.05, 0.1) is 13.4 Å². The molecule has 1 heterocycles. The minimum Gasteiger partial charge on any atom is -0.503 e. The van der Waals surface area contributed by atoms with Crippen molar-refractivity contribution in [2.24, 2.45) is 0 Å². The first-order chi connectivity index (χ1) is 10.6. The lowest BCUT2D eigenvalue weighted by atomic mass is 10.0. The SMILES string of the molecule is COC=C(C(=O)O)c1ccccc1COc1ncccc1C. The number of carbonyl (C=O) groups is 1. The largest absolute Gasteiger partial charge is 0.503 e. The van der Waals surface area contributed by atoms with E-state index >= 15 is 0 Å². The second-order valence-corrected chi connectivity index (χ2v) is 4.64. The van der Waals surface area contributed by atoms with Gasteiger partial charge in [-0.25, -0.2) is 9.78 Å². The highest BCUT2D eigenvalue weighted by Crippen LogP contribution is 2.22. The summed E-state index contributed by atoms with van der Waals surface area (Å²) in [6, 6.07) is 10.9. The van der Waals surface area contributed by atoms with Gasteiger partial charge in [-0.15, -0.1) is 0 Å². The molecule has 1 aromatic heterocycles. The van der Waals surface area contributed by atoms with Crippen LogP contribution in [0.25, 0.3) is 5.57 Å². The average Bonchev–Trinajstić information content (AvgIpc) is 2.52. The number of carboxylic acid groups (broad SMARTS) is 1. The molecule has 5 heteroatoms. The van der Waals surface area contributed by atoms with Crippen LogP contribution in [0.3, 0.4) is 0 Å². The summed E-state index contributed by atoms with van der Waals surface area (Å²) in [5, 5.41) is 9.31. The predicted molar refractivity (Wildman–Crippen MR) is 82.4 cm³/mol. The van der Waals surface area contributed by atoms with Crippen LogP contribution in [0.5, 0.6) is 5.88 Å². The molecule has 5 nitrogen and oxygen atoms in total. The fraction of sp³-hybridized carbons (Fsp3) is 0.176. The second-order valence-electron chi connectivity index (χ2n) is 4.64. The molecule has 0 aliphatic heterocycles. The number of carboxylic acids is 1. The molecule has 0 fully saturated rings. The lowest BCUT2D eigenvalue weighted by Crippen LogP contribution is -2.06. The monoisotopic (exact) mass is 299 g/mol. The van der Waals surface area contributed by atoms with E-state index in [1.807, 2.05) is 31.2 Å². The number of hydrogen-bond donors (Lipinski definition) is 1. The summed E-state index contributed by atoms with van der Waals surface area (Å²) in [5.41, 5.74) is 2.31. The molecule has 114 valence electrons. The highest BCUT2D eigenvalue weighted by molar-refractivity contribution is 6.15. The van der Waals surface area contributed by atoms with Gasteiger partial charge in [-0.2, -0.15) is 0 Å². The van der Waals surface area contributed by atoms with Crippen molar-refractivity contribution in [3.63, 3.8) is 0 Å². The summed E-state index contributed by atoms with van der Waals surface area (Å²) in [6.45, 7) is 2.13. The van der Waals surface area contributed by atoms with Gasteiger partial charge in [-0.3, -0.25) is 0 Å². The van der Waals surface area contributed by atoms with Gasteiger partial charge in [-0.05, 0) is 24.1 Å². The van der Waals surface area contributed by atoms with E-state index in [2.05, 4.69) is 4.98 Å². The van der Waals surface area contributed by atoms with Crippen molar-refractivity contribution in [3.8, 4) is 5.88 Å². The fourth-order valence-corrected chi connectivity index (χ4v) is 2.02. The first kappa shape index (κ1) is 15.6. The molecule has 2 rings (SSSR count). The van der Waals surface area contributed by atoms with Gasteiger partial charge in [0.25, 0.3) is 0 Å². The Bertz CT molecular complexity index is 695. The van der Waals surface area contributed by atoms with Gasteiger partial charge in [0, 0.05) is 11.8 Å². The maximum Gasteiger partial charge on any atom is 0.339 e. The van der Waals surface area contributed by atoms with Gasteiger partial charge in [0.1, 0.15) is 12.2 Å². The number of hydrogen-bond acceptors (Lipinski definition) is 4. The maximum absolute atomic E-state index is 11.4. The van der Waals surface area contributed by atoms with Crippen molar-refractivity contribution in [1.29, 1.82) is 0 Å². The Labute approximate surface area is 128 Å². The third-order valence-corrected chi connectivity index (χ3v) is 3.10.